The molecule has 2 heterocycles. The fraction of sp³-hybridized carbons (Fsp3) is 0. The number of H-pyrrole nitrogens is 2. The SMILES string of the molecule is O=C(Nc1nc(-c2ccccc2)c(-c2c(O)[nH]c(=S)[nH]c2=O)s1)c1ccccc1Br. The third-order valence-corrected chi connectivity index (χ3v) is 6.05. The van der Waals surface area contributed by atoms with E-state index in [2.05, 4.69) is 36.2 Å². The number of rotatable bonds is 4. The minimum atomic E-state index is -0.555. The van der Waals surface area contributed by atoms with Gasteiger partial charge < -0.3 is 10.1 Å². The number of nitrogens with one attached hydrogen (secondary N) is 3. The van der Waals surface area contributed by atoms with E-state index in [1.165, 1.54) is 0 Å². The molecule has 2 aromatic carbocycles. The van der Waals surface area contributed by atoms with Crippen molar-refractivity contribution in [3.63, 3.8) is 0 Å². The van der Waals surface area contributed by atoms with Crippen molar-refractivity contribution in [2.45, 2.75) is 0 Å². The second-order valence-corrected chi connectivity index (χ2v) is 8.39. The molecule has 4 rings (SSSR count). The maximum atomic E-state index is 12.7. The van der Waals surface area contributed by atoms with Crippen molar-refractivity contribution in [2.75, 3.05) is 5.32 Å². The number of benzene rings is 2. The fourth-order valence-electron chi connectivity index (χ4n) is 2.83. The first-order valence-corrected chi connectivity index (χ1v) is 10.6. The van der Waals surface area contributed by atoms with Crippen LogP contribution in [0.5, 0.6) is 5.88 Å². The zero-order valence-electron chi connectivity index (χ0n) is 15.1. The van der Waals surface area contributed by atoms with Crippen molar-refractivity contribution < 1.29 is 9.90 Å². The van der Waals surface area contributed by atoms with Crippen molar-refractivity contribution in [3.05, 3.63) is 79.8 Å². The van der Waals surface area contributed by atoms with Crippen LogP contribution in [0.4, 0.5) is 5.13 Å². The molecule has 0 aliphatic rings. The summed E-state index contributed by atoms with van der Waals surface area (Å²) < 4.78 is 0.654. The Morgan fingerprint density at radius 2 is 1.80 bits per heavy atom. The maximum absolute atomic E-state index is 12.7. The Morgan fingerprint density at radius 3 is 2.50 bits per heavy atom. The number of aromatic amines is 2. The van der Waals surface area contributed by atoms with Gasteiger partial charge in [-0.1, -0.05) is 53.8 Å². The molecule has 150 valence electrons. The van der Waals surface area contributed by atoms with Crippen LogP contribution in [0.25, 0.3) is 21.7 Å². The van der Waals surface area contributed by atoms with Gasteiger partial charge in [-0.25, -0.2) is 4.98 Å². The van der Waals surface area contributed by atoms with Crippen LogP contribution in [-0.2, 0) is 0 Å². The number of amides is 1. The lowest BCUT2D eigenvalue weighted by Crippen LogP contribution is -2.12. The second-order valence-electron chi connectivity index (χ2n) is 6.13. The van der Waals surface area contributed by atoms with Crippen molar-refractivity contribution in [3.8, 4) is 27.6 Å². The predicted octanol–water partition coefficient (Wildman–Crippen LogP) is 4.94. The van der Waals surface area contributed by atoms with Gasteiger partial charge in [0.05, 0.1) is 16.1 Å². The molecule has 0 atom stereocenters. The van der Waals surface area contributed by atoms with Gasteiger partial charge in [-0.3, -0.25) is 19.9 Å². The molecule has 4 aromatic rings. The summed E-state index contributed by atoms with van der Waals surface area (Å²) in [4.78, 5) is 35.2. The highest BCUT2D eigenvalue weighted by Gasteiger charge is 2.22. The van der Waals surface area contributed by atoms with Gasteiger partial charge in [-0.15, -0.1) is 0 Å². The number of aromatic nitrogens is 3. The van der Waals surface area contributed by atoms with Crippen LogP contribution < -0.4 is 10.9 Å². The summed E-state index contributed by atoms with van der Waals surface area (Å²) >= 11 is 9.34. The predicted molar refractivity (Wildman–Crippen MR) is 123 cm³/mol. The summed E-state index contributed by atoms with van der Waals surface area (Å²) in [6, 6.07) is 16.2. The minimum absolute atomic E-state index is 0.00124. The molecule has 4 N–H and O–H groups in total. The van der Waals surface area contributed by atoms with Crippen molar-refractivity contribution in [1.82, 2.24) is 15.0 Å². The van der Waals surface area contributed by atoms with Crippen molar-refractivity contribution >= 4 is 50.5 Å². The molecule has 0 aliphatic heterocycles. The largest absolute Gasteiger partial charge is 0.494 e. The first-order chi connectivity index (χ1) is 14.4. The van der Waals surface area contributed by atoms with Crippen molar-refractivity contribution in [2.24, 2.45) is 0 Å². The molecule has 0 spiro atoms. The molecule has 30 heavy (non-hydrogen) atoms. The Morgan fingerprint density at radius 1 is 1.10 bits per heavy atom. The highest BCUT2D eigenvalue weighted by molar-refractivity contribution is 9.10. The Bertz CT molecular complexity index is 1360. The smallest absolute Gasteiger partial charge is 0.264 e. The number of carbonyl (C=O) groups is 1. The fourth-order valence-corrected chi connectivity index (χ4v) is 4.51. The number of hydrogen-bond donors (Lipinski definition) is 4. The molecule has 0 saturated heterocycles. The van der Waals surface area contributed by atoms with Gasteiger partial charge in [-0.2, -0.15) is 0 Å². The monoisotopic (exact) mass is 500 g/mol. The highest BCUT2D eigenvalue weighted by atomic mass is 79.9. The number of anilines is 1. The van der Waals surface area contributed by atoms with E-state index < -0.39 is 5.56 Å². The topological polar surface area (TPSA) is 111 Å². The van der Waals surface area contributed by atoms with E-state index in [4.69, 9.17) is 12.2 Å². The lowest BCUT2D eigenvalue weighted by Gasteiger charge is -2.04. The normalized spacial score (nSPS) is 10.7. The number of nitrogens with zero attached hydrogens (tertiary/aromatic N) is 1. The van der Waals surface area contributed by atoms with Crippen molar-refractivity contribution in [1.29, 1.82) is 0 Å². The number of hydrogen-bond acceptors (Lipinski definition) is 6. The quantitative estimate of drug-likeness (QED) is 0.296. The average molecular weight is 501 g/mol. The van der Waals surface area contributed by atoms with E-state index in [9.17, 15) is 14.7 Å². The van der Waals surface area contributed by atoms with Crippen LogP contribution in [0.15, 0.2) is 63.9 Å². The van der Waals surface area contributed by atoms with Gasteiger partial charge >= 0.3 is 0 Å². The van der Waals surface area contributed by atoms with E-state index in [-0.39, 0.29) is 27.3 Å². The summed E-state index contributed by atoms with van der Waals surface area (Å²) in [7, 11) is 0. The standard InChI is InChI=1S/C20H13BrN4O3S2/c21-12-9-5-4-8-11(12)16(26)25-20-22-14(10-6-2-1-3-7-10)15(30-20)13-17(27)23-19(29)24-18(13)28/h1-9H,(H,22,25,26)(H3,23,24,27,28,29). The number of halogens is 1. The van der Waals surface area contributed by atoms with E-state index in [0.29, 0.717) is 20.6 Å². The molecule has 2 aromatic heterocycles. The van der Waals surface area contributed by atoms with Gasteiger partial charge in [0.15, 0.2) is 9.90 Å². The zero-order valence-corrected chi connectivity index (χ0v) is 18.3. The molecule has 0 fully saturated rings. The number of carbonyl (C=O) groups excluding carboxylic acids is 1. The molecule has 1 amide bonds. The van der Waals surface area contributed by atoms with Crippen LogP contribution in [0.2, 0.25) is 0 Å². The van der Waals surface area contributed by atoms with E-state index in [1.54, 1.807) is 18.2 Å². The maximum Gasteiger partial charge on any atom is 0.264 e. The summed E-state index contributed by atoms with van der Waals surface area (Å²) in [5, 5.41) is 13.4. The highest BCUT2D eigenvalue weighted by Crippen LogP contribution is 2.40. The third kappa shape index (κ3) is 3.97. The Kier molecular flexibility index (Phi) is 5.62. The van der Waals surface area contributed by atoms with Crippen LogP contribution in [0.3, 0.4) is 0 Å². The second kappa shape index (κ2) is 8.34. The molecule has 0 saturated carbocycles. The summed E-state index contributed by atoms with van der Waals surface area (Å²) in [6.45, 7) is 0. The first-order valence-electron chi connectivity index (χ1n) is 8.62. The molecular formula is C20H13BrN4O3S2. The van der Waals surface area contributed by atoms with Gasteiger partial charge in [0, 0.05) is 10.0 Å². The van der Waals surface area contributed by atoms with E-state index in [1.807, 2.05) is 36.4 Å². The molecule has 0 radical (unpaired) electrons. The molecular weight excluding hydrogens is 488 g/mol. The van der Waals surface area contributed by atoms with Gasteiger partial charge in [0.1, 0.15) is 5.56 Å². The molecule has 0 aliphatic carbocycles. The lowest BCUT2D eigenvalue weighted by molar-refractivity contribution is 0.102. The van der Waals surface area contributed by atoms with E-state index >= 15 is 0 Å². The average Bonchev–Trinajstić information content (AvgIpc) is 3.11. The number of thiazole rings is 1. The Hall–Kier alpha value is -3.08. The summed E-state index contributed by atoms with van der Waals surface area (Å²) in [5.74, 6) is -0.721. The van der Waals surface area contributed by atoms with Gasteiger partial charge in [0.2, 0.25) is 5.88 Å². The number of aromatic hydroxyl groups is 1. The molecule has 7 nitrogen and oxygen atoms in total. The van der Waals surface area contributed by atoms with Crippen LogP contribution in [0, 0.1) is 4.77 Å². The van der Waals surface area contributed by atoms with Crippen LogP contribution >= 0.6 is 39.5 Å². The molecule has 10 heteroatoms. The first kappa shape index (κ1) is 20.2. The van der Waals surface area contributed by atoms with Gasteiger partial charge in [0.25, 0.3) is 11.5 Å². The summed E-state index contributed by atoms with van der Waals surface area (Å²) in [5.41, 5.74) is 1.07. The molecule has 0 unspecified atom stereocenters. The summed E-state index contributed by atoms with van der Waals surface area (Å²) in [6.07, 6.45) is 0. The Balaban J connectivity index is 1.84. The molecule has 0 bridgehead atoms. The zero-order chi connectivity index (χ0) is 21.3. The minimum Gasteiger partial charge on any atom is -0.494 e. The van der Waals surface area contributed by atoms with E-state index in [0.717, 1.165) is 16.9 Å². The lowest BCUT2D eigenvalue weighted by atomic mass is 10.1. The Labute approximate surface area is 187 Å². The third-order valence-electron chi connectivity index (χ3n) is 4.16. The van der Waals surface area contributed by atoms with Gasteiger partial charge in [-0.05, 0) is 40.3 Å². The van der Waals surface area contributed by atoms with Crippen LogP contribution in [-0.4, -0.2) is 26.0 Å². The van der Waals surface area contributed by atoms with Crippen LogP contribution in [0.1, 0.15) is 10.4 Å².